The zero-order chi connectivity index (χ0) is 20.8. The summed E-state index contributed by atoms with van der Waals surface area (Å²) in [7, 11) is 2.64. The molecule has 1 heterocycles. The van der Waals surface area contributed by atoms with Crippen LogP contribution in [0.1, 0.15) is 5.56 Å². The van der Waals surface area contributed by atoms with Crippen molar-refractivity contribution in [3.8, 4) is 23.1 Å². The minimum atomic E-state index is -0.806. The topological polar surface area (TPSA) is 109 Å². The Kier molecular flexibility index (Phi) is 5.85. The first-order chi connectivity index (χ1) is 14.0. The number of amides is 1. The fraction of sp³-hybridized carbons (Fsp3) is 0.100. The molecule has 0 aliphatic rings. The van der Waals surface area contributed by atoms with E-state index in [4.69, 9.17) is 10.00 Å². The van der Waals surface area contributed by atoms with Crippen LogP contribution in [0.15, 0.2) is 48.5 Å². The summed E-state index contributed by atoms with van der Waals surface area (Å²) in [5, 5.41) is 14.2. The van der Waals surface area contributed by atoms with Crippen molar-refractivity contribution in [1.29, 1.82) is 5.26 Å². The lowest BCUT2D eigenvalue weighted by Gasteiger charge is -2.14. The SMILES string of the molecule is COC(=O)Nc1nc(Nc2cccc(C#N)c2)c(F)c(-c2ccccc2OC)n1. The molecule has 0 unspecified atom stereocenters. The van der Waals surface area contributed by atoms with Crippen molar-refractivity contribution >= 4 is 23.5 Å². The van der Waals surface area contributed by atoms with E-state index in [-0.39, 0.29) is 17.5 Å². The van der Waals surface area contributed by atoms with Crippen LogP contribution in [-0.2, 0) is 4.74 Å². The monoisotopic (exact) mass is 393 g/mol. The molecule has 0 bridgehead atoms. The van der Waals surface area contributed by atoms with Crippen LogP contribution in [0, 0.1) is 17.1 Å². The van der Waals surface area contributed by atoms with Gasteiger partial charge in [-0.25, -0.2) is 14.2 Å². The maximum absolute atomic E-state index is 15.3. The lowest BCUT2D eigenvalue weighted by Crippen LogP contribution is -2.15. The van der Waals surface area contributed by atoms with Crippen molar-refractivity contribution < 1.29 is 18.7 Å². The molecular weight excluding hydrogens is 377 g/mol. The second-order valence-electron chi connectivity index (χ2n) is 5.69. The summed E-state index contributed by atoms with van der Waals surface area (Å²) in [5.74, 6) is -0.723. The summed E-state index contributed by atoms with van der Waals surface area (Å²) < 4.78 is 25.1. The predicted molar refractivity (Wildman–Crippen MR) is 104 cm³/mol. The van der Waals surface area contributed by atoms with Gasteiger partial charge < -0.3 is 14.8 Å². The molecule has 0 atom stereocenters. The molecule has 0 fully saturated rings. The molecular formula is C20H16FN5O3. The number of rotatable bonds is 5. The number of carbonyl (C=O) groups is 1. The van der Waals surface area contributed by atoms with Crippen LogP contribution in [0.25, 0.3) is 11.3 Å². The van der Waals surface area contributed by atoms with Gasteiger partial charge in [-0.1, -0.05) is 18.2 Å². The Morgan fingerprint density at radius 2 is 1.93 bits per heavy atom. The third-order valence-corrected chi connectivity index (χ3v) is 3.87. The largest absolute Gasteiger partial charge is 0.496 e. The number of hydrogen-bond donors (Lipinski definition) is 2. The normalized spacial score (nSPS) is 10.0. The third kappa shape index (κ3) is 4.39. The van der Waals surface area contributed by atoms with Gasteiger partial charge in [-0.15, -0.1) is 0 Å². The van der Waals surface area contributed by atoms with Crippen molar-refractivity contribution in [2.24, 2.45) is 0 Å². The van der Waals surface area contributed by atoms with E-state index in [1.54, 1.807) is 42.5 Å². The number of nitriles is 1. The summed E-state index contributed by atoms with van der Waals surface area (Å²) in [4.78, 5) is 19.7. The molecule has 2 N–H and O–H groups in total. The molecule has 0 spiro atoms. The number of nitrogens with one attached hydrogen (secondary N) is 2. The van der Waals surface area contributed by atoms with Gasteiger partial charge in [-0.2, -0.15) is 10.2 Å². The summed E-state index contributed by atoms with van der Waals surface area (Å²) >= 11 is 0. The molecule has 146 valence electrons. The molecule has 0 aliphatic heterocycles. The average molecular weight is 393 g/mol. The Labute approximate surface area is 165 Å². The smallest absolute Gasteiger partial charge is 0.413 e. The Morgan fingerprint density at radius 3 is 2.66 bits per heavy atom. The van der Waals surface area contributed by atoms with Gasteiger partial charge in [0.25, 0.3) is 0 Å². The van der Waals surface area contributed by atoms with Gasteiger partial charge in [-0.05, 0) is 30.3 Å². The quantitative estimate of drug-likeness (QED) is 0.672. The molecule has 1 amide bonds. The molecule has 8 nitrogen and oxygen atoms in total. The van der Waals surface area contributed by atoms with Crippen molar-refractivity contribution in [3.63, 3.8) is 0 Å². The van der Waals surface area contributed by atoms with Crippen LogP contribution in [0.3, 0.4) is 0 Å². The highest BCUT2D eigenvalue weighted by Gasteiger charge is 2.20. The minimum absolute atomic E-state index is 0.0807. The van der Waals surface area contributed by atoms with Crippen LogP contribution in [-0.4, -0.2) is 30.3 Å². The molecule has 0 aliphatic carbocycles. The molecule has 29 heavy (non-hydrogen) atoms. The van der Waals surface area contributed by atoms with E-state index in [9.17, 15) is 4.79 Å². The van der Waals surface area contributed by atoms with E-state index in [0.717, 1.165) is 0 Å². The first-order valence-corrected chi connectivity index (χ1v) is 8.38. The third-order valence-electron chi connectivity index (χ3n) is 3.87. The molecule has 0 radical (unpaired) electrons. The van der Waals surface area contributed by atoms with E-state index in [2.05, 4.69) is 25.3 Å². The summed E-state index contributed by atoms with van der Waals surface area (Å²) in [5.41, 5.74) is 1.12. The van der Waals surface area contributed by atoms with Crippen molar-refractivity contribution in [2.45, 2.75) is 0 Å². The van der Waals surface area contributed by atoms with Crippen molar-refractivity contribution in [3.05, 3.63) is 59.9 Å². The van der Waals surface area contributed by atoms with Gasteiger partial charge in [0, 0.05) is 11.3 Å². The number of aromatic nitrogens is 2. The fourth-order valence-electron chi connectivity index (χ4n) is 2.55. The van der Waals surface area contributed by atoms with Gasteiger partial charge in [-0.3, -0.25) is 5.32 Å². The maximum atomic E-state index is 15.3. The first kappa shape index (κ1) is 19.6. The Hall–Kier alpha value is -4.19. The molecule has 0 saturated heterocycles. The number of carbonyl (C=O) groups excluding carboxylic acids is 1. The maximum Gasteiger partial charge on any atom is 0.413 e. The van der Waals surface area contributed by atoms with Crippen molar-refractivity contribution in [1.82, 2.24) is 9.97 Å². The molecule has 3 aromatic rings. The number of benzene rings is 2. The zero-order valence-electron chi connectivity index (χ0n) is 15.6. The van der Waals surface area contributed by atoms with Crippen LogP contribution in [0.4, 0.5) is 26.6 Å². The minimum Gasteiger partial charge on any atom is -0.496 e. The number of hydrogen-bond acceptors (Lipinski definition) is 7. The average Bonchev–Trinajstić information content (AvgIpc) is 2.75. The Morgan fingerprint density at radius 1 is 1.14 bits per heavy atom. The summed E-state index contributed by atoms with van der Waals surface area (Å²) in [6.07, 6.45) is -0.806. The van der Waals surface area contributed by atoms with Gasteiger partial charge in [0.2, 0.25) is 5.95 Å². The van der Waals surface area contributed by atoms with E-state index in [1.165, 1.54) is 20.3 Å². The number of ether oxygens (including phenoxy) is 2. The van der Waals surface area contributed by atoms with E-state index in [0.29, 0.717) is 22.6 Å². The van der Waals surface area contributed by atoms with E-state index >= 15 is 4.39 Å². The lowest BCUT2D eigenvalue weighted by molar-refractivity contribution is 0.186. The second kappa shape index (κ2) is 8.67. The number of anilines is 3. The molecule has 1 aromatic heterocycles. The number of halogens is 1. The standard InChI is InChI=1S/C20H16FN5O3/c1-28-15-9-4-3-8-14(15)17-16(21)18(25-19(24-17)26-20(27)29-2)23-13-7-5-6-12(10-13)11-22/h3-10H,1-2H3,(H2,23,24,25,26,27). The summed E-state index contributed by atoms with van der Waals surface area (Å²) in [6.45, 7) is 0. The molecule has 3 rings (SSSR count). The molecule has 2 aromatic carbocycles. The number of para-hydroxylation sites is 1. The Bertz CT molecular complexity index is 1100. The van der Waals surface area contributed by atoms with Crippen LogP contribution < -0.4 is 15.4 Å². The number of methoxy groups -OCH3 is 2. The number of nitrogens with zero attached hydrogens (tertiary/aromatic N) is 3. The Balaban J connectivity index is 2.12. The highest BCUT2D eigenvalue weighted by atomic mass is 19.1. The first-order valence-electron chi connectivity index (χ1n) is 8.38. The highest BCUT2D eigenvalue weighted by molar-refractivity contribution is 5.83. The van der Waals surface area contributed by atoms with E-state index in [1.807, 2.05) is 6.07 Å². The van der Waals surface area contributed by atoms with E-state index < -0.39 is 11.9 Å². The van der Waals surface area contributed by atoms with Gasteiger partial charge in [0.1, 0.15) is 11.4 Å². The highest BCUT2D eigenvalue weighted by Crippen LogP contribution is 2.34. The lowest BCUT2D eigenvalue weighted by atomic mass is 10.1. The molecule has 9 heteroatoms. The van der Waals surface area contributed by atoms with Crippen molar-refractivity contribution in [2.75, 3.05) is 24.9 Å². The van der Waals surface area contributed by atoms with Crippen LogP contribution >= 0.6 is 0 Å². The zero-order valence-corrected chi connectivity index (χ0v) is 15.6. The predicted octanol–water partition coefficient (Wildman–Crippen LogP) is 4.08. The second-order valence-corrected chi connectivity index (χ2v) is 5.69. The summed E-state index contributed by atoms with van der Waals surface area (Å²) in [6, 6.07) is 15.2. The van der Waals surface area contributed by atoms with Gasteiger partial charge in [0.05, 0.1) is 25.9 Å². The van der Waals surface area contributed by atoms with Crippen LogP contribution in [0.2, 0.25) is 0 Å². The van der Waals surface area contributed by atoms with Gasteiger partial charge in [0.15, 0.2) is 11.6 Å². The van der Waals surface area contributed by atoms with Crippen LogP contribution in [0.5, 0.6) is 5.75 Å². The van der Waals surface area contributed by atoms with Gasteiger partial charge >= 0.3 is 6.09 Å². The fourth-order valence-corrected chi connectivity index (χ4v) is 2.55. The molecule has 0 saturated carbocycles.